The number of hydrogen-bond donors (Lipinski definition) is 1. The lowest BCUT2D eigenvalue weighted by Crippen LogP contribution is -2.24. The molecule has 0 saturated carbocycles. The SMILES string of the molecule is O=C(COc1cc(F)ccc1C(=O)NCc1cccc([N+](=O)[O-])c1)OCc1ccccc1. The van der Waals surface area contributed by atoms with Gasteiger partial charge in [-0.2, -0.15) is 0 Å². The van der Waals surface area contributed by atoms with Crippen LogP contribution in [0.1, 0.15) is 21.5 Å². The maximum atomic E-state index is 13.7. The number of carbonyl (C=O) groups is 2. The monoisotopic (exact) mass is 438 g/mol. The zero-order chi connectivity index (χ0) is 22.9. The molecular weight excluding hydrogens is 419 g/mol. The molecule has 3 aromatic rings. The van der Waals surface area contributed by atoms with Crippen molar-refractivity contribution in [2.45, 2.75) is 13.2 Å². The third-order valence-corrected chi connectivity index (χ3v) is 4.35. The number of benzene rings is 3. The maximum Gasteiger partial charge on any atom is 0.344 e. The molecule has 0 aliphatic carbocycles. The Morgan fingerprint density at radius 3 is 2.47 bits per heavy atom. The normalized spacial score (nSPS) is 10.3. The lowest BCUT2D eigenvalue weighted by atomic mass is 10.1. The van der Waals surface area contributed by atoms with Crippen molar-refractivity contribution in [3.05, 3.63) is 105 Å². The summed E-state index contributed by atoms with van der Waals surface area (Å²) in [6, 6.07) is 18.2. The zero-order valence-corrected chi connectivity index (χ0v) is 16.8. The zero-order valence-electron chi connectivity index (χ0n) is 16.8. The summed E-state index contributed by atoms with van der Waals surface area (Å²) in [6.07, 6.45) is 0. The molecule has 0 aliphatic rings. The third kappa shape index (κ3) is 6.36. The molecule has 0 aliphatic heterocycles. The smallest absolute Gasteiger partial charge is 0.344 e. The second-order valence-corrected chi connectivity index (χ2v) is 6.69. The Balaban J connectivity index is 1.60. The van der Waals surface area contributed by atoms with Gasteiger partial charge in [0.2, 0.25) is 0 Å². The molecule has 0 unspecified atom stereocenters. The molecule has 9 heteroatoms. The van der Waals surface area contributed by atoms with E-state index in [9.17, 15) is 24.1 Å². The van der Waals surface area contributed by atoms with Crippen LogP contribution in [0.25, 0.3) is 0 Å². The summed E-state index contributed by atoms with van der Waals surface area (Å²) in [5.74, 6) is -2.05. The van der Waals surface area contributed by atoms with Gasteiger partial charge in [0, 0.05) is 24.7 Å². The molecule has 1 N–H and O–H groups in total. The van der Waals surface area contributed by atoms with Crippen molar-refractivity contribution >= 4 is 17.6 Å². The van der Waals surface area contributed by atoms with Gasteiger partial charge in [0.25, 0.3) is 11.6 Å². The van der Waals surface area contributed by atoms with Crippen molar-refractivity contribution < 1.29 is 28.4 Å². The van der Waals surface area contributed by atoms with Gasteiger partial charge >= 0.3 is 5.97 Å². The number of esters is 1. The lowest BCUT2D eigenvalue weighted by Gasteiger charge is -2.12. The second kappa shape index (κ2) is 10.7. The first-order valence-corrected chi connectivity index (χ1v) is 9.56. The number of non-ortho nitro benzene ring substituents is 1. The van der Waals surface area contributed by atoms with Gasteiger partial charge < -0.3 is 14.8 Å². The molecule has 0 saturated heterocycles. The molecule has 0 radical (unpaired) electrons. The first kappa shape index (κ1) is 22.4. The first-order chi connectivity index (χ1) is 15.4. The minimum Gasteiger partial charge on any atom is -0.481 e. The van der Waals surface area contributed by atoms with Gasteiger partial charge in [-0.05, 0) is 23.3 Å². The highest BCUT2D eigenvalue weighted by molar-refractivity contribution is 5.97. The lowest BCUT2D eigenvalue weighted by molar-refractivity contribution is -0.384. The molecule has 3 aromatic carbocycles. The van der Waals surface area contributed by atoms with Gasteiger partial charge in [-0.3, -0.25) is 14.9 Å². The summed E-state index contributed by atoms with van der Waals surface area (Å²) in [5, 5.41) is 13.5. The van der Waals surface area contributed by atoms with E-state index in [-0.39, 0.29) is 30.2 Å². The number of nitrogens with zero attached hydrogens (tertiary/aromatic N) is 1. The van der Waals surface area contributed by atoms with Crippen LogP contribution in [0.15, 0.2) is 72.8 Å². The number of nitrogens with one attached hydrogen (secondary N) is 1. The van der Waals surface area contributed by atoms with Gasteiger partial charge in [-0.25, -0.2) is 9.18 Å². The third-order valence-electron chi connectivity index (χ3n) is 4.35. The van der Waals surface area contributed by atoms with Gasteiger partial charge in [-0.1, -0.05) is 42.5 Å². The highest BCUT2D eigenvalue weighted by Gasteiger charge is 2.16. The molecule has 3 rings (SSSR count). The van der Waals surface area contributed by atoms with Crippen LogP contribution in [0, 0.1) is 15.9 Å². The van der Waals surface area contributed by atoms with Gasteiger partial charge in [0.1, 0.15) is 18.2 Å². The standard InChI is InChI=1S/C23H19FN2O6/c24-18-9-10-20(23(28)25-13-17-7-4-8-19(11-17)26(29)30)21(12-18)31-15-22(27)32-14-16-5-2-1-3-6-16/h1-12H,13-15H2,(H,25,28). The molecule has 1 amide bonds. The minimum atomic E-state index is -0.680. The Morgan fingerprint density at radius 2 is 1.72 bits per heavy atom. The molecule has 164 valence electrons. The Labute approximate surface area is 182 Å². The number of hydrogen-bond acceptors (Lipinski definition) is 6. The van der Waals surface area contributed by atoms with Crippen molar-refractivity contribution in [2.75, 3.05) is 6.61 Å². The second-order valence-electron chi connectivity index (χ2n) is 6.69. The van der Waals surface area contributed by atoms with Crippen LogP contribution in [-0.4, -0.2) is 23.4 Å². The average molecular weight is 438 g/mol. The Kier molecular flexibility index (Phi) is 7.47. The van der Waals surface area contributed by atoms with Crippen LogP contribution < -0.4 is 10.1 Å². The number of nitro groups is 1. The summed E-state index contributed by atoms with van der Waals surface area (Å²) in [6.45, 7) is -0.444. The van der Waals surface area contributed by atoms with Crippen LogP contribution in [0.3, 0.4) is 0 Å². The largest absolute Gasteiger partial charge is 0.481 e. The summed E-state index contributed by atoms with van der Waals surface area (Å²) in [4.78, 5) is 34.9. The van der Waals surface area contributed by atoms with Gasteiger partial charge in [-0.15, -0.1) is 0 Å². The van der Waals surface area contributed by atoms with E-state index in [0.29, 0.717) is 5.56 Å². The van der Waals surface area contributed by atoms with Crippen LogP contribution >= 0.6 is 0 Å². The van der Waals surface area contributed by atoms with Crippen molar-refractivity contribution in [3.63, 3.8) is 0 Å². The molecular formula is C23H19FN2O6. The summed E-state index contributed by atoms with van der Waals surface area (Å²) in [5.41, 5.74) is 1.22. The fourth-order valence-corrected chi connectivity index (χ4v) is 2.78. The fraction of sp³-hybridized carbons (Fsp3) is 0.130. The molecule has 0 fully saturated rings. The van der Waals surface area contributed by atoms with Crippen molar-refractivity contribution in [1.29, 1.82) is 0 Å². The predicted molar refractivity (Wildman–Crippen MR) is 112 cm³/mol. The van der Waals surface area contributed by atoms with E-state index in [2.05, 4.69) is 5.32 Å². The van der Waals surface area contributed by atoms with E-state index >= 15 is 0 Å². The molecule has 0 spiro atoms. The minimum absolute atomic E-state index is 0.00712. The molecule has 0 aromatic heterocycles. The predicted octanol–water partition coefficient (Wildman–Crippen LogP) is 3.79. The molecule has 0 atom stereocenters. The van der Waals surface area contributed by atoms with E-state index in [1.54, 1.807) is 18.2 Å². The fourth-order valence-electron chi connectivity index (χ4n) is 2.78. The van der Waals surface area contributed by atoms with Crippen molar-refractivity contribution in [1.82, 2.24) is 5.32 Å². The quantitative estimate of drug-likeness (QED) is 0.309. The van der Waals surface area contributed by atoms with E-state index in [1.165, 1.54) is 24.3 Å². The summed E-state index contributed by atoms with van der Waals surface area (Å²) < 4.78 is 24.1. The number of carbonyl (C=O) groups excluding carboxylic acids is 2. The molecule has 32 heavy (non-hydrogen) atoms. The van der Waals surface area contributed by atoms with Crippen LogP contribution in [-0.2, 0) is 22.7 Å². The molecule has 0 bridgehead atoms. The van der Waals surface area contributed by atoms with Gasteiger partial charge in [0.05, 0.1) is 10.5 Å². The number of ether oxygens (including phenoxy) is 2. The van der Waals surface area contributed by atoms with E-state index in [1.807, 2.05) is 18.2 Å². The van der Waals surface area contributed by atoms with Crippen LogP contribution in [0.4, 0.5) is 10.1 Å². The Morgan fingerprint density at radius 1 is 0.969 bits per heavy atom. The Bertz CT molecular complexity index is 1120. The average Bonchev–Trinajstić information content (AvgIpc) is 2.80. The molecule has 0 heterocycles. The number of amides is 1. The van der Waals surface area contributed by atoms with Crippen molar-refractivity contribution in [3.8, 4) is 5.75 Å². The summed E-state index contributed by atoms with van der Waals surface area (Å²) in [7, 11) is 0. The maximum absolute atomic E-state index is 13.7. The summed E-state index contributed by atoms with van der Waals surface area (Å²) >= 11 is 0. The first-order valence-electron chi connectivity index (χ1n) is 9.56. The number of rotatable bonds is 9. The van der Waals surface area contributed by atoms with Crippen LogP contribution in [0.5, 0.6) is 5.75 Å². The van der Waals surface area contributed by atoms with E-state index in [0.717, 1.165) is 17.7 Å². The number of nitro benzene ring substituents is 1. The van der Waals surface area contributed by atoms with Gasteiger partial charge in [0.15, 0.2) is 6.61 Å². The highest BCUT2D eigenvalue weighted by atomic mass is 19.1. The van der Waals surface area contributed by atoms with E-state index in [4.69, 9.17) is 9.47 Å². The van der Waals surface area contributed by atoms with E-state index < -0.39 is 29.2 Å². The highest BCUT2D eigenvalue weighted by Crippen LogP contribution is 2.21. The van der Waals surface area contributed by atoms with Crippen LogP contribution in [0.2, 0.25) is 0 Å². The Hall–Kier alpha value is -4.27. The topological polar surface area (TPSA) is 108 Å². The molecule has 8 nitrogen and oxygen atoms in total. The number of halogens is 1. The van der Waals surface area contributed by atoms with Crippen molar-refractivity contribution in [2.24, 2.45) is 0 Å².